The van der Waals surface area contributed by atoms with Crippen molar-refractivity contribution in [1.29, 1.82) is 0 Å². The zero-order valence-electron chi connectivity index (χ0n) is 20.5. The summed E-state index contributed by atoms with van der Waals surface area (Å²) in [6.07, 6.45) is 0.860. The number of ether oxygens (including phenoxy) is 2. The molecule has 3 aromatic heterocycles. The van der Waals surface area contributed by atoms with E-state index >= 15 is 0 Å². The Morgan fingerprint density at radius 2 is 1.92 bits per heavy atom. The minimum Gasteiger partial charge on any atom is -0.493 e. The molecule has 0 saturated heterocycles. The largest absolute Gasteiger partial charge is 0.493 e. The standard InChI is InChI=1S/C29H24N4O3S/c1-3-35-29(34)28-25(19-9-11-24-18(15-19)12-13-36-24)27-26(20-6-4-5-7-23(20)32(27)2)33(28)16-17-8-10-21-22(14-17)31-37-30-21/h4-11,14-15H,3,12-13,16H2,1-2H3. The number of benzene rings is 3. The van der Waals surface area contributed by atoms with E-state index in [1.807, 2.05) is 31.2 Å². The van der Waals surface area contributed by atoms with Gasteiger partial charge in [-0.05, 0) is 53.9 Å². The van der Waals surface area contributed by atoms with Crippen LogP contribution in [-0.4, -0.2) is 37.1 Å². The molecule has 6 aromatic rings. The molecule has 184 valence electrons. The Balaban J connectivity index is 1.56. The average Bonchev–Trinajstić information content (AvgIpc) is 3.68. The van der Waals surface area contributed by atoms with E-state index in [1.165, 1.54) is 11.7 Å². The molecule has 0 spiro atoms. The van der Waals surface area contributed by atoms with E-state index in [0.717, 1.165) is 67.4 Å². The fourth-order valence-electron chi connectivity index (χ4n) is 5.59. The van der Waals surface area contributed by atoms with Crippen molar-refractivity contribution in [2.24, 2.45) is 7.05 Å². The minimum atomic E-state index is -0.328. The predicted octanol–water partition coefficient (Wildman–Crippen LogP) is 5.96. The van der Waals surface area contributed by atoms with Gasteiger partial charge in [-0.3, -0.25) is 0 Å². The third-order valence-corrected chi connectivity index (χ3v) is 7.76. The Hall–Kier alpha value is -4.17. The lowest BCUT2D eigenvalue weighted by Crippen LogP contribution is -2.14. The lowest BCUT2D eigenvalue weighted by atomic mass is 10.0. The van der Waals surface area contributed by atoms with Gasteiger partial charge in [0.25, 0.3) is 0 Å². The van der Waals surface area contributed by atoms with Gasteiger partial charge < -0.3 is 18.6 Å². The number of hydrogen-bond donors (Lipinski definition) is 0. The van der Waals surface area contributed by atoms with Gasteiger partial charge in [0, 0.05) is 31.0 Å². The minimum absolute atomic E-state index is 0.301. The molecule has 0 aliphatic carbocycles. The molecule has 0 saturated carbocycles. The van der Waals surface area contributed by atoms with E-state index in [-0.39, 0.29) is 5.97 Å². The highest BCUT2D eigenvalue weighted by Gasteiger charge is 2.30. The van der Waals surface area contributed by atoms with Gasteiger partial charge in [0.1, 0.15) is 22.5 Å². The number of esters is 1. The summed E-state index contributed by atoms with van der Waals surface area (Å²) >= 11 is 1.21. The summed E-state index contributed by atoms with van der Waals surface area (Å²) < 4.78 is 24.5. The number of aromatic nitrogens is 4. The molecule has 0 unspecified atom stereocenters. The SMILES string of the molecule is CCOC(=O)c1c(-c2ccc3c(c2)CCO3)c2c(c3ccccc3n2C)n1Cc1ccc2nsnc2c1. The van der Waals surface area contributed by atoms with Crippen LogP contribution in [0.3, 0.4) is 0 Å². The summed E-state index contributed by atoms with van der Waals surface area (Å²) in [6, 6.07) is 20.7. The van der Waals surface area contributed by atoms with Crippen molar-refractivity contribution in [1.82, 2.24) is 17.9 Å². The summed E-state index contributed by atoms with van der Waals surface area (Å²) in [7, 11) is 2.07. The van der Waals surface area contributed by atoms with E-state index in [4.69, 9.17) is 9.47 Å². The number of carbonyl (C=O) groups excluding carboxylic acids is 1. The van der Waals surface area contributed by atoms with Gasteiger partial charge in [-0.2, -0.15) is 8.75 Å². The topological polar surface area (TPSA) is 71.2 Å². The van der Waals surface area contributed by atoms with Crippen LogP contribution in [0.25, 0.3) is 44.1 Å². The highest BCUT2D eigenvalue weighted by atomic mass is 32.1. The maximum atomic E-state index is 13.7. The second-order valence-electron chi connectivity index (χ2n) is 9.31. The molecule has 0 N–H and O–H groups in total. The maximum absolute atomic E-state index is 13.7. The monoisotopic (exact) mass is 508 g/mol. The number of rotatable bonds is 5. The number of hydrogen-bond acceptors (Lipinski definition) is 6. The normalized spacial score (nSPS) is 12.9. The van der Waals surface area contributed by atoms with Gasteiger partial charge in [0.2, 0.25) is 0 Å². The number of para-hydroxylation sites is 1. The van der Waals surface area contributed by atoms with Crippen LogP contribution in [0.2, 0.25) is 0 Å². The molecule has 0 bridgehead atoms. The summed E-state index contributed by atoms with van der Waals surface area (Å²) in [5, 5.41) is 1.10. The molecule has 7 nitrogen and oxygen atoms in total. The van der Waals surface area contributed by atoms with Crippen LogP contribution in [-0.2, 0) is 24.8 Å². The number of aryl methyl sites for hydroxylation is 1. The van der Waals surface area contributed by atoms with E-state index in [1.54, 1.807) is 0 Å². The lowest BCUT2D eigenvalue weighted by Gasteiger charge is -2.13. The van der Waals surface area contributed by atoms with Crippen LogP contribution in [0.5, 0.6) is 5.75 Å². The zero-order chi connectivity index (χ0) is 25.1. The van der Waals surface area contributed by atoms with E-state index in [2.05, 4.69) is 61.3 Å². The van der Waals surface area contributed by atoms with E-state index < -0.39 is 0 Å². The van der Waals surface area contributed by atoms with Crippen molar-refractivity contribution in [3.05, 3.63) is 77.5 Å². The van der Waals surface area contributed by atoms with Gasteiger partial charge >= 0.3 is 5.97 Å². The third kappa shape index (κ3) is 3.36. The van der Waals surface area contributed by atoms with Crippen molar-refractivity contribution < 1.29 is 14.3 Å². The third-order valence-electron chi connectivity index (χ3n) is 7.20. The molecular weight excluding hydrogens is 484 g/mol. The van der Waals surface area contributed by atoms with Crippen molar-refractivity contribution >= 4 is 50.7 Å². The molecule has 37 heavy (non-hydrogen) atoms. The Labute approximate surface area is 217 Å². The summed E-state index contributed by atoms with van der Waals surface area (Å²) in [5.41, 5.74) is 9.52. The van der Waals surface area contributed by atoms with Crippen molar-refractivity contribution in [2.45, 2.75) is 19.9 Å². The first-order valence-electron chi connectivity index (χ1n) is 12.4. The van der Waals surface area contributed by atoms with E-state index in [9.17, 15) is 4.79 Å². The second kappa shape index (κ2) is 8.45. The molecule has 3 aromatic carbocycles. The lowest BCUT2D eigenvalue weighted by molar-refractivity contribution is 0.0516. The molecule has 7 rings (SSSR count). The molecule has 8 heteroatoms. The van der Waals surface area contributed by atoms with Crippen LogP contribution in [0.4, 0.5) is 0 Å². The first-order chi connectivity index (χ1) is 18.1. The Bertz CT molecular complexity index is 1850. The zero-order valence-corrected chi connectivity index (χ0v) is 21.3. The maximum Gasteiger partial charge on any atom is 0.355 e. The molecule has 0 atom stereocenters. The van der Waals surface area contributed by atoms with Gasteiger partial charge in [-0.25, -0.2) is 4.79 Å². The summed E-state index contributed by atoms with van der Waals surface area (Å²) in [6.45, 7) is 3.33. The van der Waals surface area contributed by atoms with Crippen LogP contribution >= 0.6 is 11.7 Å². The van der Waals surface area contributed by atoms with Gasteiger partial charge in [0.05, 0.1) is 41.5 Å². The van der Waals surface area contributed by atoms with Crippen molar-refractivity contribution in [2.75, 3.05) is 13.2 Å². The number of nitrogens with zero attached hydrogens (tertiary/aromatic N) is 4. The van der Waals surface area contributed by atoms with Crippen molar-refractivity contribution in [3.8, 4) is 16.9 Å². The molecule has 0 amide bonds. The van der Waals surface area contributed by atoms with Gasteiger partial charge in [-0.15, -0.1) is 0 Å². The highest BCUT2D eigenvalue weighted by molar-refractivity contribution is 7.00. The predicted molar refractivity (Wildman–Crippen MR) is 146 cm³/mol. The smallest absolute Gasteiger partial charge is 0.355 e. The molecule has 1 aliphatic rings. The number of fused-ring (bicyclic) bond motifs is 5. The fraction of sp³-hybridized carbons (Fsp3) is 0.207. The second-order valence-corrected chi connectivity index (χ2v) is 9.84. The molecule has 4 heterocycles. The first kappa shape index (κ1) is 22.1. The van der Waals surface area contributed by atoms with Crippen LogP contribution in [0.15, 0.2) is 60.7 Å². The molecular formula is C29H24N4O3S. The Morgan fingerprint density at radius 1 is 1.05 bits per heavy atom. The summed E-state index contributed by atoms with van der Waals surface area (Å²) in [4.78, 5) is 13.7. The first-order valence-corrected chi connectivity index (χ1v) is 13.1. The highest BCUT2D eigenvalue weighted by Crippen LogP contribution is 2.42. The van der Waals surface area contributed by atoms with Crippen LogP contribution < -0.4 is 4.74 Å². The Morgan fingerprint density at radius 3 is 2.81 bits per heavy atom. The quantitative estimate of drug-likeness (QED) is 0.269. The van der Waals surface area contributed by atoms with Gasteiger partial charge in [0.15, 0.2) is 0 Å². The van der Waals surface area contributed by atoms with Gasteiger partial charge in [-0.1, -0.05) is 30.3 Å². The fourth-order valence-corrected chi connectivity index (χ4v) is 6.10. The molecule has 0 radical (unpaired) electrons. The average molecular weight is 509 g/mol. The van der Waals surface area contributed by atoms with E-state index in [0.29, 0.717) is 25.5 Å². The molecule has 0 fully saturated rings. The Kier molecular flexibility index (Phi) is 5.04. The molecule has 1 aliphatic heterocycles. The van der Waals surface area contributed by atoms with Crippen LogP contribution in [0, 0.1) is 0 Å². The number of carbonyl (C=O) groups is 1. The van der Waals surface area contributed by atoms with Crippen LogP contribution in [0.1, 0.15) is 28.5 Å². The summed E-state index contributed by atoms with van der Waals surface area (Å²) in [5.74, 6) is 0.588. The van der Waals surface area contributed by atoms with Crippen molar-refractivity contribution in [3.63, 3.8) is 0 Å².